The van der Waals surface area contributed by atoms with Gasteiger partial charge in [-0.1, -0.05) is 51.1 Å². The summed E-state index contributed by atoms with van der Waals surface area (Å²) in [6, 6.07) is 9.50. The second kappa shape index (κ2) is 4.84. The van der Waals surface area contributed by atoms with Crippen molar-refractivity contribution in [3.63, 3.8) is 0 Å². The Labute approximate surface area is 95.4 Å². The van der Waals surface area contributed by atoms with E-state index in [4.69, 9.17) is 9.84 Å². The van der Waals surface area contributed by atoms with Crippen LogP contribution in [0.15, 0.2) is 36.1 Å². The lowest BCUT2D eigenvalue weighted by Gasteiger charge is -2.20. The minimum absolute atomic E-state index is 0.339. The zero-order valence-electron chi connectivity index (χ0n) is 9.73. The maximum absolute atomic E-state index is 10.6. The van der Waals surface area contributed by atoms with Crippen molar-refractivity contribution >= 4 is 12.2 Å². The molecule has 0 atom stereocenters. The maximum atomic E-state index is 10.6. The SMILES string of the molecule is CC(C)(C)C(=Cc1ccccc1)OC(=O)O. The molecule has 86 valence electrons. The third-order valence-corrected chi connectivity index (χ3v) is 2.03. The van der Waals surface area contributed by atoms with Crippen LogP contribution in [0.3, 0.4) is 0 Å². The van der Waals surface area contributed by atoms with Crippen LogP contribution < -0.4 is 0 Å². The van der Waals surface area contributed by atoms with E-state index in [0.29, 0.717) is 5.76 Å². The Hall–Kier alpha value is -1.77. The molecule has 0 bridgehead atoms. The van der Waals surface area contributed by atoms with Gasteiger partial charge < -0.3 is 9.84 Å². The lowest BCUT2D eigenvalue weighted by molar-refractivity contribution is 0.102. The second-order valence-corrected chi connectivity index (χ2v) is 4.54. The van der Waals surface area contributed by atoms with Crippen LogP contribution in [0, 0.1) is 5.41 Å². The van der Waals surface area contributed by atoms with Crippen LogP contribution in [0.25, 0.3) is 6.08 Å². The maximum Gasteiger partial charge on any atom is 0.511 e. The number of hydrogen-bond acceptors (Lipinski definition) is 2. The highest BCUT2D eigenvalue weighted by Gasteiger charge is 2.21. The van der Waals surface area contributed by atoms with Crippen LogP contribution in [0.5, 0.6) is 0 Å². The predicted molar refractivity (Wildman–Crippen MR) is 63.0 cm³/mol. The monoisotopic (exact) mass is 220 g/mol. The molecular weight excluding hydrogens is 204 g/mol. The Morgan fingerprint density at radius 1 is 1.25 bits per heavy atom. The van der Waals surface area contributed by atoms with Gasteiger partial charge in [0.2, 0.25) is 0 Å². The predicted octanol–water partition coefficient (Wildman–Crippen LogP) is 3.77. The highest BCUT2D eigenvalue weighted by atomic mass is 16.7. The molecular formula is C13H16O3. The lowest BCUT2D eigenvalue weighted by Crippen LogP contribution is -2.15. The summed E-state index contributed by atoms with van der Waals surface area (Å²) in [6.45, 7) is 5.72. The van der Waals surface area contributed by atoms with Crippen LogP contribution >= 0.6 is 0 Å². The first-order valence-electron chi connectivity index (χ1n) is 5.07. The van der Waals surface area contributed by atoms with Gasteiger partial charge in [-0.3, -0.25) is 0 Å². The van der Waals surface area contributed by atoms with Gasteiger partial charge in [0, 0.05) is 5.41 Å². The Kier molecular flexibility index (Phi) is 3.72. The van der Waals surface area contributed by atoms with Crippen molar-refractivity contribution < 1.29 is 14.6 Å². The van der Waals surface area contributed by atoms with E-state index in [2.05, 4.69) is 0 Å². The molecule has 0 heterocycles. The van der Waals surface area contributed by atoms with Crippen LogP contribution in [-0.2, 0) is 4.74 Å². The summed E-state index contributed by atoms with van der Waals surface area (Å²) in [5, 5.41) is 8.66. The van der Waals surface area contributed by atoms with Gasteiger partial charge in [-0.15, -0.1) is 0 Å². The average molecular weight is 220 g/mol. The normalized spacial score (nSPS) is 12.3. The van der Waals surface area contributed by atoms with Gasteiger partial charge in [-0.05, 0) is 11.6 Å². The molecule has 0 radical (unpaired) electrons. The van der Waals surface area contributed by atoms with E-state index >= 15 is 0 Å². The highest BCUT2D eigenvalue weighted by Crippen LogP contribution is 2.28. The molecule has 1 aromatic rings. The summed E-state index contributed by atoms with van der Waals surface area (Å²) in [6.07, 6.45) is 0.464. The average Bonchev–Trinajstić information content (AvgIpc) is 2.16. The van der Waals surface area contributed by atoms with Crippen molar-refractivity contribution in [2.24, 2.45) is 5.41 Å². The number of carboxylic acid groups (broad SMARTS) is 1. The smallest absolute Gasteiger partial charge is 0.449 e. The van der Waals surface area contributed by atoms with Crippen LogP contribution in [-0.4, -0.2) is 11.3 Å². The Morgan fingerprint density at radius 2 is 1.81 bits per heavy atom. The van der Waals surface area contributed by atoms with Crippen molar-refractivity contribution in [2.45, 2.75) is 20.8 Å². The molecule has 3 heteroatoms. The summed E-state index contributed by atoms with van der Waals surface area (Å²) in [7, 11) is 0. The quantitative estimate of drug-likeness (QED) is 0.609. The highest BCUT2D eigenvalue weighted by molar-refractivity contribution is 5.62. The Morgan fingerprint density at radius 3 is 2.25 bits per heavy atom. The van der Waals surface area contributed by atoms with Gasteiger partial charge in [0.1, 0.15) is 5.76 Å². The summed E-state index contributed by atoms with van der Waals surface area (Å²) >= 11 is 0. The standard InChI is InChI=1S/C13H16O3/c1-13(2,3)11(16-12(14)15)9-10-7-5-4-6-8-10/h4-9H,1-3H3,(H,14,15). The molecule has 0 saturated carbocycles. The fraction of sp³-hybridized carbons (Fsp3) is 0.308. The van der Waals surface area contributed by atoms with Gasteiger partial charge in [-0.25, -0.2) is 4.79 Å². The fourth-order valence-electron chi connectivity index (χ4n) is 1.19. The third kappa shape index (κ3) is 3.77. The van der Waals surface area contributed by atoms with Gasteiger partial charge in [0.15, 0.2) is 0 Å². The number of rotatable bonds is 2. The molecule has 0 amide bonds. The summed E-state index contributed by atoms with van der Waals surface area (Å²) in [5.41, 5.74) is 0.586. The molecule has 0 spiro atoms. The molecule has 1 N–H and O–H groups in total. The van der Waals surface area contributed by atoms with Gasteiger partial charge in [0.05, 0.1) is 0 Å². The molecule has 0 unspecified atom stereocenters. The van der Waals surface area contributed by atoms with E-state index in [1.807, 2.05) is 51.1 Å². The number of benzene rings is 1. The van der Waals surface area contributed by atoms with E-state index < -0.39 is 6.16 Å². The molecule has 0 aliphatic carbocycles. The van der Waals surface area contributed by atoms with Crippen molar-refractivity contribution in [1.82, 2.24) is 0 Å². The van der Waals surface area contributed by atoms with E-state index in [-0.39, 0.29) is 5.41 Å². The minimum atomic E-state index is -1.28. The summed E-state index contributed by atoms with van der Waals surface area (Å²) in [5.74, 6) is 0.436. The first-order valence-corrected chi connectivity index (χ1v) is 5.07. The Balaban J connectivity index is 3.02. The molecule has 1 rings (SSSR count). The van der Waals surface area contributed by atoms with Crippen molar-refractivity contribution in [1.29, 1.82) is 0 Å². The zero-order chi connectivity index (χ0) is 12.2. The summed E-state index contributed by atoms with van der Waals surface area (Å²) < 4.78 is 4.80. The Bertz CT molecular complexity index is 385. The first kappa shape index (κ1) is 12.3. The molecule has 0 aliphatic heterocycles. The summed E-state index contributed by atoms with van der Waals surface area (Å²) in [4.78, 5) is 10.6. The van der Waals surface area contributed by atoms with E-state index in [1.54, 1.807) is 6.08 Å². The number of carbonyl (C=O) groups is 1. The lowest BCUT2D eigenvalue weighted by atomic mass is 9.92. The molecule has 16 heavy (non-hydrogen) atoms. The number of hydrogen-bond donors (Lipinski definition) is 1. The zero-order valence-corrected chi connectivity index (χ0v) is 9.73. The van der Waals surface area contributed by atoms with Crippen molar-refractivity contribution in [3.05, 3.63) is 41.7 Å². The molecule has 0 saturated heterocycles. The van der Waals surface area contributed by atoms with Crippen molar-refractivity contribution in [3.8, 4) is 0 Å². The van der Waals surface area contributed by atoms with Gasteiger partial charge in [0.25, 0.3) is 0 Å². The van der Waals surface area contributed by atoms with E-state index in [0.717, 1.165) is 5.56 Å². The van der Waals surface area contributed by atoms with Crippen LogP contribution in [0.4, 0.5) is 4.79 Å². The van der Waals surface area contributed by atoms with Crippen LogP contribution in [0.1, 0.15) is 26.3 Å². The largest absolute Gasteiger partial charge is 0.511 e. The second-order valence-electron chi connectivity index (χ2n) is 4.54. The molecule has 0 fully saturated rings. The fourth-order valence-corrected chi connectivity index (χ4v) is 1.19. The van der Waals surface area contributed by atoms with Gasteiger partial charge in [-0.2, -0.15) is 0 Å². The molecule has 0 aliphatic rings. The van der Waals surface area contributed by atoms with E-state index in [9.17, 15) is 4.79 Å². The number of ether oxygens (including phenoxy) is 1. The first-order chi connectivity index (χ1) is 7.39. The topological polar surface area (TPSA) is 46.5 Å². The van der Waals surface area contributed by atoms with Gasteiger partial charge >= 0.3 is 6.16 Å². The minimum Gasteiger partial charge on any atom is -0.449 e. The van der Waals surface area contributed by atoms with Crippen molar-refractivity contribution in [2.75, 3.05) is 0 Å². The number of allylic oxidation sites excluding steroid dienone is 1. The third-order valence-electron chi connectivity index (χ3n) is 2.03. The van der Waals surface area contributed by atoms with E-state index in [1.165, 1.54) is 0 Å². The molecule has 0 aromatic heterocycles. The molecule has 1 aromatic carbocycles. The van der Waals surface area contributed by atoms with Crippen LogP contribution in [0.2, 0.25) is 0 Å². The molecule has 3 nitrogen and oxygen atoms in total.